The van der Waals surface area contributed by atoms with Crippen molar-refractivity contribution in [2.24, 2.45) is 17.6 Å². The fraction of sp³-hybridized carbons (Fsp3) is 0.619. The van der Waals surface area contributed by atoms with E-state index in [1.807, 2.05) is 0 Å². The largest absolute Gasteiger partial charge is 0.481 e. The van der Waals surface area contributed by atoms with Gasteiger partial charge < -0.3 is 36.9 Å². The molecule has 0 bridgehead atoms. The predicted octanol–water partition coefficient (Wildman–Crippen LogP) is -1.00. The van der Waals surface area contributed by atoms with E-state index in [1.165, 1.54) is 12.5 Å². The van der Waals surface area contributed by atoms with Crippen molar-refractivity contribution in [2.45, 2.75) is 71.1 Å². The molecule has 0 aromatic carbocycles. The fourth-order valence-electron chi connectivity index (χ4n) is 3.02. The molecule has 0 aliphatic heterocycles. The number of aromatic amines is 1. The zero-order chi connectivity index (χ0) is 26.0. The summed E-state index contributed by atoms with van der Waals surface area (Å²) in [5, 5.41) is 25.4. The minimum absolute atomic E-state index is 0.0369. The Morgan fingerprint density at radius 1 is 0.941 bits per heavy atom. The number of aromatic nitrogens is 2. The van der Waals surface area contributed by atoms with Crippen LogP contribution in [0.5, 0.6) is 0 Å². The summed E-state index contributed by atoms with van der Waals surface area (Å²) in [7, 11) is 0. The fourth-order valence-corrected chi connectivity index (χ4v) is 3.02. The van der Waals surface area contributed by atoms with Crippen LogP contribution in [0, 0.1) is 11.8 Å². The third-order valence-corrected chi connectivity index (χ3v) is 4.97. The van der Waals surface area contributed by atoms with E-state index in [2.05, 4.69) is 25.9 Å². The molecule has 0 aliphatic carbocycles. The summed E-state index contributed by atoms with van der Waals surface area (Å²) in [6.07, 6.45) is 2.25. The SMILES string of the molecule is CC(C)CC(NC(=O)C(Cc1cnc[nH]1)NC(=O)C(N)C(C)C)C(=O)NC(CC(=O)O)C(=O)O. The van der Waals surface area contributed by atoms with E-state index < -0.39 is 60.2 Å². The summed E-state index contributed by atoms with van der Waals surface area (Å²) >= 11 is 0. The average Bonchev–Trinajstić information content (AvgIpc) is 3.23. The van der Waals surface area contributed by atoms with Crippen LogP contribution < -0.4 is 21.7 Å². The predicted molar refractivity (Wildman–Crippen MR) is 120 cm³/mol. The second-order valence-corrected chi connectivity index (χ2v) is 8.80. The summed E-state index contributed by atoms with van der Waals surface area (Å²) in [6, 6.07) is -4.79. The number of aliphatic carboxylic acids is 2. The lowest BCUT2D eigenvalue weighted by Gasteiger charge is -2.26. The molecular formula is C21H34N6O7. The van der Waals surface area contributed by atoms with Crippen molar-refractivity contribution in [2.75, 3.05) is 0 Å². The molecule has 13 nitrogen and oxygen atoms in total. The van der Waals surface area contributed by atoms with Crippen LogP contribution in [-0.4, -0.2) is 74.0 Å². The van der Waals surface area contributed by atoms with Crippen LogP contribution in [0.2, 0.25) is 0 Å². The first-order valence-corrected chi connectivity index (χ1v) is 10.9. The van der Waals surface area contributed by atoms with Crippen molar-refractivity contribution in [1.29, 1.82) is 0 Å². The number of carbonyl (C=O) groups is 5. The van der Waals surface area contributed by atoms with Gasteiger partial charge in [0.05, 0.1) is 18.8 Å². The Hall–Kier alpha value is -3.48. The van der Waals surface area contributed by atoms with Crippen molar-refractivity contribution in [1.82, 2.24) is 25.9 Å². The average molecular weight is 483 g/mol. The molecule has 1 aromatic rings. The molecule has 8 N–H and O–H groups in total. The van der Waals surface area contributed by atoms with Crippen LogP contribution in [0.4, 0.5) is 0 Å². The third-order valence-electron chi connectivity index (χ3n) is 4.97. The molecule has 0 radical (unpaired) electrons. The van der Waals surface area contributed by atoms with Gasteiger partial charge >= 0.3 is 11.9 Å². The number of carboxylic acids is 2. The van der Waals surface area contributed by atoms with E-state index in [0.717, 1.165) is 0 Å². The minimum Gasteiger partial charge on any atom is -0.481 e. The summed E-state index contributed by atoms with van der Waals surface area (Å²) < 4.78 is 0. The lowest BCUT2D eigenvalue weighted by Crippen LogP contribution is -2.58. The van der Waals surface area contributed by atoms with Crippen LogP contribution in [0.3, 0.4) is 0 Å². The maximum atomic E-state index is 13.1. The zero-order valence-corrected chi connectivity index (χ0v) is 19.7. The number of H-pyrrole nitrogens is 1. The molecule has 4 atom stereocenters. The molecule has 34 heavy (non-hydrogen) atoms. The molecule has 13 heteroatoms. The first-order chi connectivity index (χ1) is 15.8. The molecule has 0 spiro atoms. The van der Waals surface area contributed by atoms with Gasteiger partial charge in [0.2, 0.25) is 17.7 Å². The van der Waals surface area contributed by atoms with Crippen LogP contribution >= 0.6 is 0 Å². The van der Waals surface area contributed by atoms with E-state index in [0.29, 0.717) is 5.69 Å². The van der Waals surface area contributed by atoms with E-state index in [9.17, 15) is 29.1 Å². The Morgan fingerprint density at radius 3 is 1.97 bits per heavy atom. The number of imidazole rings is 1. The Morgan fingerprint density at radius 2 is 1.50 bits per heavy atom. The summed E-state index contributed by atoms with van der Waals surface area (Å²) in [6.45, 7) is 7.11. The monoisotopic (exact) mass is 482 g/mol. The highest BCUT2D eigenvalue weighted by molar-refractivity contribution is 5.94. The minimum atomic E-state index is -1.67. The van der Waals surface area contributed by atoms with Gasteiger partial charge in [0.15, 0.2) is 0 Å². The van der Waals surface area contributed by atoms with Gasteiger partial charge in [-0.05, 0) is 18.3 Å². The number of hydrogen-bond acceptors (Lipinski definition) is 7. The summed E-state index contributed by atoms with van der Waals surface area (Å²) in [5.41, 5.74) is 6.44. The molecule has 1 rings (SSSR count). The molecule has 1 heterocycles. The number of nitrogens with zero attached hydrogens (tertiary/aromatic N) is 1. The maximum absolute atomic E-state index is 13.1. The van der Waals surface area contributed by atoms with E-state index >= 15 is 0 Å². The molecule has 0 aliphatic rings. The molecule has 190 valence electrons. The molecule has 3 amide bonds. The van der Waals surface area contributed by atoms with Crippen LogP contribution in [-0.2, 0) is 30.4 Å². The molecule has 0 fully saturated rings. The lowest BCUT2D eigenvalue weighted by atomic mass is 10.0. The maximum Gasteiger partial charge on any atom is 0.326 e. The van der Waals surface area contributed by atoms with Crippen molar-refractivity contribution < 1.29 is 34.2 Å². The number of rotatable bonds is 14. The highest BCUT2D eigenvalue weighted by atomic mass is 16.4. The number of carbonyl (C=O) groups excluding carboxylic acids is 3. The molecule has 0 saturated heterocycles. The van der Waals surface area contributed by atoms with Gasteiger partial charge in [0, 0.05) is 18.3 Å². The highest BCUT2D eigenvalue weighted by Gasteiger charge is 2.32. The Kier molecular flexibility index (Phi) is 11.2. The molecule has 0 saturated carbocycles. The zero-order valence-electron chi connectivity index (χ0n) is 19.7. The van der Waals surface area contributed by atoms with Crippen molar-refractivity contribution in [3.63, 3.8) is 0 Å². The molecule has 1 aromatic heterocycles. The Balaban J connectivity index is 3.06. The first kappa shape index (κ1) is 28.6. The van der Waals surface area contributed by atoms with E-state index in [-0.39, 0.29) is 24.7 Å². The van der Waals surface area contributed by atoms with Gasteiger partial charge in [-0.3, -0.25) is 19.2 Å². The smallest absolute Gasteiger partial charge is 0.326 e. The van der Waals surface area contributed by atoms with Crippen LogP contribution in [0.1, 0.15) is 46.2 Å². The van der Waals surface area contributed by atoms with Crippen molar-refractivity contribution in [3.8, 4) is 0 Å². The lowest BCUT2D eigenvalue weighted by molar-refractivity contribution is -0.147. The summed E-state index contributed by atoms with van der Waals surface area (Å²) in [4.78, 5) is 67.3. The van der Waals surface area contributed by atoms with Gasteiger partial charge in [-0.2, -0.15) is 0 Å². The molecule has 4 unspecified atom stereocenters. The number of amides is 3. The van der Waals surface area contributed by atoms with Gasteiger partial charge in [-0.15, -0.1) is 0 Å². The summed E-state index contributed by atoms with van der Waals surface area (Å²) in [5.74, 6) is -5.26. The van der Waals surface area contributed by atoms with Crippen LogP contribution in [0.15, 0.2) is 12.5 Å². The molecular weight excluding hydrogens is 448 g/mol. The Bertz CT molecular complexity index is 856. The highest BCUT2D eigenvalue weighted by Crippen LogP contribution is 2.09. The van der Waals surface area contributed by atoms with E-state index in [4.69, 9.17) is 10.8 Å². The van der Waals surface area contributed by atoms with Crippen LogP contribution in [0.25, 0.3) is 0 Å². The number of carboxylic acid groups (broad SMARTS) is 2. The number of nitrogens with one attached hydrogen (secondary N) is 4. The van der Waals surface area contributed by atoms with Gasteiger partial charge in [-0.1, -0.05) is 27.7 Å². The first-order valence-electron chi connectivity index (χ1n) is 10.9. The number of nitrogens with two attached hydrogens (primary N) is 1. The van der Waals surface area contributed by atoms with Gasteiger partial charge in [0.25, 0.3) is 0 Å². The second-order valence-electron chi connectivity index (χ2n) is 8.80. The number of hydrogen-bond donors (Lipinski definition) is 7. The topological polar surface area (TPSA) is 217 Å². The van der Waals surface area contributed by atoms with Gasteiger partial charge in [-0.25, -0.2) is 9.78 Å². The quantitative estimate of drug-likeness (QED) is 0.173. The standard InChI is InChI=1S/C21H34N6O7/c1-10(2)5-13(18(30)27-15(21(33)34)7-16(28)29)25-19(31)14(6-12-8-23-9-24-12)26-20(32)17(22)11(3)4/h8-11,13-15,17H,5-7,22H2,1-4H3,(H,23,24)(H,25,31)(H,26,32)(H,27,30)(H,28,29)(H,33,34). The third kappa shape index (κ3) is 9.57. The van der Waals surface area contributed by atoms with Gasteiger partial charge in [0.1, 0.15) is 18.1 Å². The Labute approximate surface area is 197 Å². The van der Waals surface area contributed by atoms with Crippen molar-refractivity contribution in [3.05, 3.63) is 18.2 Å². The van der Waals surface area contributed by atoms with Crippen molar-refractivity contribution >= 4 is 29.7 Å². The van der Waals surface area contributed by atoms with E-state index in [1.54, 1.807) is 27.7 Å². The second kappa shape index (κ2) is 13.3. The normalized spacial score (nSPS) is 14.7.